The summed E-state index contributed by atoms with van der Waals surface area (Å²) in [6.07, 6.45) is 0. The molecule has 1 aromatic carbocycles. The first kappa shape index (κ1) is 13.7. The minimum Gasteiger partial charge on any atom is -0.386 e. The van der Waals surface area contributed by atoms with Gasteiger partial charge in [-0.05, 0) is 57.4 Å². The second kappa shape index (κ2) is 4.13. The van der Waals surface area contributed by atoms with Gasteiger partial charge in [0, 0.05) is 4.47 Å². The van der Waals surface area contributed by atoms with Gasteiger partial charge in [-0.2, -0.15) is 0 Å². The summed E-state index contributed by atoms with van der Waals surface area (Å²) in [5.41, 5.74) is 0.634. The molecule has 0 aromatic heterocycles. The van der Waals surface area contributed by atoms with Crippen molar-refractivity contribution in [1.29, 1.82) is 0 Å². The Morgan fingerprint density at radius 2 is 1.31 bits per heavy atom. The summed E-state index contributed by atoms with van der Waals surface area (Å²) in [5.74, 6) is 0. The lowest BCUT2D eigenvalue weighted by molar-refractivity contribution is 0.0523. The molecule has 0 unspecified atom stereocenters. The molecule has 0 fully saturated rings. The Hall–Kier alpha value is -0.380. The van der Waals surface area contributed by atoms with E-state index in [2.05, 4.69) is 15.9 Å². The smallest absolute Gasteiger partial charge is 0.0844 e. The summed E-state index contributed by atoms with van der Waals surface area (Å²) in [7, 11) is 0. The van der Waals surface area contributed by atoms with Crippen molar-refractivity contribution in [1.82, 2.24) is 0 Å². The van der Waals surface area contributed by atoms with Gasteiger partial charge in [-0.1, -0.05) is 22.0 Å². The van der Waals surface area contributed by atoms with Crippen LogP contribution in [0.1, 0.15) is 44.4 Å². The van der Waals surface area contributed by atoms with Crippen molar-refractivity contribution in [2.24, 2.45) is 0 Å². The van der Waals surface area contributed by atoms with Crippen LogP contribution in [0, 0.1) is 6.92 Å². The summed E-state index contributed by atoms with van der Waals surface area (Å²) in [4.78, 5) is 0. The van der Waals surface area contributed by atoms with E-state index in [0.717, 1.165) is 21.2 Å². The quantitative estimate of drug-likeness (QED) is 0.877. The molecule has 90 valence electrons. The Bertz CT molecular complexity index is 359. The third-order valence-electron chi connectivity index (χ3n) is 2.62. The molecule has 2 nitrogen and oxygen atoms in total. The van der Waals surface area contributed by atoms with Crippen molar-refractivity contribution in [3.63, 3.8) is 0 Å². The normalized spacial score (nSPS) is 13.0. The zero-order valence-corrected chi connectivity index (χ0v) is 12.0. The predicted molar refractivity (Wildman–Crippen MR) is 69.4 cm³/mol. The van der Waals surface area contributed by atoms with Gasteiger partial charge in [-0.15, -0.1) is 0 Å². The molecule has 0 radical (unpaired) electrons. The first-order chi connectivity index (χ1) is 7.03. The number of hydrogen-bond acceptors (Lipinski definition) is 2. The van der Waals surface area contributed by atoms with Crippen LogP contribution in [-0.4, -0.2) is 10.2 Å². The van der Waals surface area contributed by atoms with E-state index in [1.807, 2.05) is 19.1 Å². The van der Waals surface area contributed by atoms with Crippen LogP contribution in [0.5, 0.6) is 0 Å². The molecule has 0 spiro atoms. The van der Waals surface area contributed by atoms with Gasteiger partial charge in [-0.25, -0.2) is 0 Å². The summed E-state index contributed by atoms with van der Waals surface area (Å²) in [6.45, 7) is 8.86. The molecule has 0 aliphatic carbocycles. The number of rotatable bonds is 2. The van der Waals surface area contributed by atoms with Gasteiger partial charge < -0.3 is 10.2 Å². The molecule has 2 N–H and O–H groups in total. The van der Waals surface area contributed by atoms with Crippen LogP contribution < -0.4 is 0 Å². The highest BCUT2D eigenvalue weighted by atomic mass is 79.9. The number of benzene rings is 1. The van der Waals surface area contributed by atoms with Crippen molar-refractivity contribution in [2.45, 2.75) is 45.8 Å². The SMILES string of the molecule is Cc1cc(C(C)(C)O)c(C(C)(C)O)cc1Br. The highest BCUT2D eigenvalue weighted by molar-refractivity contribution is 9.10. The molecule has 0 aliphatic rings. The molecule has 0 atom stereocenters. The second-order valence-corrected chi connectivity index (χ2v) is 6.12. The highest BCUT2D eigenvalue weighted by Gasteiger charge is 2.28. The first-order valence-electron chi connectivity index (χ1n) is 5.29. The largest absolute Gasteiger partial charge is 0.386 e. The number of hydrogen-bond donors (Lipinski definition) is 2. The average Bonchev–Trinajstić information content (AvgIpc) is 2.05. The van der Waals surface area contributed by atoms with Crippen LogP contribution >= 0.6 is 15.9 Å². The maximum Gasteiger partial charge on any atom is 0.0844 e. The zero-order chi connectivity index (χ0) is 12.7. The molecule has 0 bridgehead atoms. The topological polar surface area (TPSA) is 40.5 Å². The summed E-state index contributed by atoms with van der Waals surface area (Å²) in [5, 5.41) is 20.2. The lowest BCUT2D eigenvalue weighted by Gasteiger charge is -2.29. The van der Waals surface area contributed by atoms with Gasteiger partial charge in [-0.3, -0.25) is 0 Å². The fourth-order valence-electron chi connectivity index (χ4n) is 1.69. The van der Waals surface area contributed by atoms with E-state index >= 15 is 0 Å². The van der Waals surface area contributed by atoms with Crippen LogP contribution in [0.25, 0.3) is 0 Å². The molecule has 0 heterocycles. The Morgan fingerprint density at radius 1 is 0.938 bits per heavy atom. The van der Waals surface area contributed by atoms with E-state index in [9.17, 15) is 10.2 Å². The minimum absolute atomic E-state index is 0.748. The van der Waals surface area contributed by atoms with E-state index in [-0.39, 0.29) is 0 Å². The third-order valence-corrected chi connectivity index (χ3v) is 3.47. The molecule has 0 aliphatic heterocycles. The number of halogens is 1. The highest BCUT2D eigenvalue weighted by Crippen LogP contribution is 2.34. The van der Waals surface area contributed by atoms with E-state index in [0.29, 0.717) is 0 Å². The molecule has 1 rings (SSSR count). The van der Waals surface area contributed by atoms with Gasteiger partial charge in [0.05, 0.1) is 11.2 Å². The van der Waals surface area contributed by atoms with Gasteiger partial charge in [0.1, 0.15) is 0 Å². The number of aryl methyl sites for hydroxylation is 1. The van der Waals surface area contributed by atoms with E-state index in [1.165, 1.54) is 0 Å². The lowest BCUT2D eigenvalue weighted by Crippen LogP contribution is -2.26. The zero-order valence-electron chi connectivity index (χ0n) is 10.4. The molecule has 3 heteroatoms. The van der Waals surface area contributed by atoms with Gasteiger partial charge in [0.2, 0.25) is 0 Å². The van der Waals surface area contributed by atoms with Crippen molar-refractivity contribution in [3.8, 4) is 0 Å². The summed E-state index contributed by atoms with van der Waals surface area (Å²) >= 11 is 3.45. The summed E-state index contributed by atoms with van der Waals surface area (Å²) < 4.78 is 0.942. The standard InChI is InChI=1S/C13H19BrO2/c1-8-6-9(12(2,3)15)10(7-11(8)14)13(4,5)16/h6-7,15-16H,1-5H3. The molecule has 16 heavy (non-hydrogen) atoms. The van der Waals surface area contributed by atoms with Crippen LogP contribution in [0.2, 0.25) is 0 Å². The fraction of sp³-hybridized carbons (Fsp3) is 0.538. The van der Waals surface area contributed by atoms with Crippen molar-refractivity contribution in [2.75, 3.05) is 0 Å². The number of aliphatic hydroxyl groups is 2. The lowest BCUT2D eigenvalue weighted by atomic mass is 9.84. The Labute approximate surface area is 105 Å². The molecular formula is C13H19BrO2. The van der Waals surface area contributed by atoms with E-state index in [1.54, 1.807) is 27.7 Å². The van der Waals surface area contributed by atoms with Crippen LogP contribution in [-0.2, 0) is 11.2 Å². The maximum atomic E-state index is 10.1. The van der Waals surface area contributed by atoms with E-state index < -0.39 is 11.2 Å². The molecule has 1 aromatic rings. The van der Waals surface area contributed by atoms with Crippen molar-refractivity contribution < 1.29 is 10.2 Å². The minimum atomic E-state index is -0.967. The summed E-state index contributed by atoms with van der Waals surface area (Å²) in [6, 6.07) is 3.79. The average molecular weight is 287 g/mol. The van der Waals surface area contributed by atoms with Gasteiger partial charge in [0.25, 0.3) is 0 Å². The molecule has 0 amide bonds. The van der Waals surface area contributed by atoms with E-state index in [4.69, 9.17) is 0 Å². The van der Waals surface area contributed by atoms with Crippen LogP contribution in [0.15, 0.2) is 16.6 Å². The van der Waals surface area contributed by atoms with Gasteiger partial charge >= 0.3 is 0 Å². The third kappa shape index (κ3) is 2.84. The van der Waals surface area contributed by atoms with Crippen LogP contribution in [0.3, 0.4) is 0 Å². The molecular weight excluding hydrogens is 268 g/mol. The van der Waals surface area contributed by atoms with Gasteiger partial charge in [0.15, 0.2) is 0 Å². The Kier molecular flexibility index (Phi) is 3.53. The maximum absolute atomic E-state index is 10.1. The van der Waals surface area contributed by atoms with Crippen molar-refractivity contribution >= 4 is 15.9 Å². The monoisotopic (exact) mass is 286 g/mol. The molecule has 0 saturated carbocycles. The first-order valence-corrected chi connectivity index (χ1v) is 6.08. The fourth-order valence-corrected chi connectivity index (χ4v) is 2.04. The predicted octanol–water partition coefficient (Wildman–Crippen LogP) is 3.21. The second-order valence-electron chi connectivity index (χ2n) is 5.27. The molecule has 0 saturated heterocycles. The van der Waals surface area contributed by atoms with Crippen molar-refractivity contribution in [3.05, 3.63) is 33.3 Å². The Morgan fingerprint density at radius 3 is 1.69 bits per heavy atom. The van der Waals surface area contributed by atoms with Crippen LogP contribution in [0.4, 0.5) is 0 Å². The Balaban J connectivity index is 3.53.